The Hall–Kier alpha value is -0.720. The molecule has 4 nitrogen and oxygen atoms in total. The molecular weight excluding hydrogens is 326 g/mol. The van der Waals surface area contributed by atoms with E-state index in [-0.39, 0.29) is 5.41 Å². The van der Waals surface area contributed by atoms with Crippen LogP contribution < -0.4 is 5.32 Å². The molecule has 19 heavy (non-hydrogen) atoms. The molecule has 0 saturated carbocycles. The molecule has 0 bridgehead atoms. The lowest BCUT2D eigenvalue weighted by atomic mass is 9.76. The van der Waals surface area contributed by atoms with Crippen LogP contribution in [0.15, 0.2) is 20.4 Å². The van der Waals surface area contributed by atoms with Gasteiger partial charge in [0.25, 0.3) is 0 Å². The van der Waals surface area contributed by atoms with Gasteiger partial charge in [0, 0.05) is 6.54 Å². The molecule has 0 radical (unpaired) electrons. The molecule has 0 aliphatic carbocycles. The Balaban J connectivity index is 1.96. The molecule has 0 spiro atoms. The van der Waals surface area contributed by atoms with Gasteiger partial charge in [0.05, 0.1) is 14.1 Å². The lowest BCUT2D eigenvalue weighted by Crippen LogP contribution is -2.35. The van der Waals surface area contributed by atoms with Gasteiger partial charge in [0.2, 0.25) is 11.7 Å². The quantitative estimate of drug-likeness (QED) is 0.928. The molecule has 3 rings (SSSR count). The number of hydrogen-bond acceptors (Lipinski definition) is 5. The Morgan fingerprint density at radius 1 is 1.47 bits per heavy atom. The van der Waals surface area contributed by atoms with Gasteiger partial charge in [-0.25, -0.2) is 0 Å². The molecule has 2 aromatic rings. The topological polar surface area (TPSA) is 51.0 Å². The van der Waals surface area contributed by atoms with Crippen molar-refractivity contribution in [1.82, 2.24) is 15.5 Å². The van der Waals surface area contributed by atoms with Gasteiger partial charge in [-0.05, 0) is 46.9 Å². The number of rotatable bonds is 3. The van der Waals surface area contributed by atoms with Crippen LogP contribution in [0.2, 0.25) is 0 Å². The Labute approximate surface area is 124 Å². The molecule has 1 saturated heterocycles. The largest absolute Gasteiger partial charge is 0.338 e. The first kappa shape index (κ1) is 13.3. The van der Waals surface area contributed by atoms with Gasteiger partial charge in [-0.2, -0.15) is 4.98 Å². The summed E-state index contributed by atoms with van der Waals surface area (Å²) in [6.45, 7) is 6.37. The molecule has 3 heterocycles. The molecule has 1 aliphatic rings. The molecule has 1 fully saturated rings. The van der Waals surface area contributed by atoms with E-state index in [2.05, 4.69) is 45.2 Å². The standard InChI is InChI=1S/C13H16BrN3OS/c1-8(2)13(5-6-15-7-13)12-16-11(17-18-12)9-3-4-10(14)19-9/h3-4,8,15H,5-7H2,1-2H3. The molecule has 0 amide bonds. The van der Waals surface area contributed by atoms with E-state index in [1.54, 1.807) is 11.3 Å². The number of aromatic nitrogens is 2. The van der Waals surface area contributed by atoms with E-state index in [1.807, 2.05) is 12.1 Å². The summed E-state index contributed by atoms with van der Waals surface area (Å²) in [4.78, 5) is 5.68. The lowest BCUT2D eigenvalue weighted by molar-refractivity contribution is 0.234. The van der Waals surface area contributed by atoms with Crippen LogP contribution in [-0.2, 0) is 5.41 Å². The fraction of sp³-hybridized carbons (Fsp3) is 0.538. The third kappa shape index (κ3) is 2.26. The highest BCUT2D eigenvalue weighted by molar-refractivity contribution is 9.11. The maximum atomic E-state index is 5.57. The van der Waals surface area contributed by atoms with Crippen LogP contribution >= 0.6 is 27.3 Å². The second kappa shape index (κ2) is 5.00. The summed E-state index contributed by atoms with van der Waals surface area (Å²) in [5, 5.41) is 7.56. The molecule has 1 aliphatic heterocycles. The molecule has 102 valence electrons. The Bertz CT molecular complexity index is 572. The number of nitrogens with one attached hydrogen (secondary N) is 1. The second-order valence-corrected chi connectivity index (χ2v) is 7.73. The normalized spacial score (nSPS) is 23.4. The highest BCUT2D eigenvalue weighted by Crippen LogP contribution is 2.38. The van der Waals surface area contributed by atoms with Crippen molar-refractivity contribution in [3.8, 4) is 10.7 Å². The Kier molecular flexibility index (Phi) is 3.49. The van der Waals surface area contributed by atoms with E-state index in [4.69, 9.17) is 4.52 Å². The summed E-state index contributed by atoms with van der Waals surface area (Å²) >= 11 is 5.08. The minimum Gasteiger partial charge on any atom is -0.338 e. The third-order valence-electron chi connectivity index (χ3n) is 3.94. The molecule has 2 aromatic heterocycles. The SMILES string of the molecule is CC(C)C1(c2nc(-c3ccc(Br)s3)no2)CCNC1. The van der Waals surface area contributed by atoms with Gasteiger partial charge in [0.15, 0.2) is 0 Å². The van der Waals surface area contributed by atoms with E-state index in [9.17, 15) is 0 Å². The van der Waals surface area contributed by atoms with Crippen molar-refractivity contribution in [3.05, 3.63) is 21.8 Å². The molecule has 6 heteroatoms. The maximum absolute atomic E-state index is 5.57. The van der Waals surface area contributed by atoms with Crippen LogP contribution in [0.3, 0.4) is 0 Å². The van der Waals surface area contributed by atoms with Crippen LogP contribution in [0.25, 0.3) is 10.7 Å². The van der Waals surface area contributed by atoms with Crippen molar-refractivity contribution >= 4 is 27.3 Å². The van der Waals surface area contributed by atoms with Crippen molar-refractivity contribution in [2.75, 3.05) is 13.1 Å². The van der Waals surface area contributed by atoms with Crippen molar-refractivity contribution < 1.29 is 4.52 Å². The van der Waals surface area contributed by atoms with Crippen molar-refractivity contribution in [1.29, 1.82) is 0 Å². The van der Waals surface area contributed by atoms with Crippen LogP contribution in [-0.4, -0.2) is 23.2 Å². The van der Waals surface area contributed by atoms with Crippen molar-refractivity contribution in [3.63, 3.8) is 0 Å². The molecule has 1 N–H and O–H groups in total. The van der Waals surface area contributed by atoms with E-state index in [0.29, 0.717) is 11.7 Å². The van der Waals surface area contributed by atoms with Gasteiger partial charge in [-0.15, -0.1) is 11.3 Å². The van der Waals surface area contributed by atoms with E-state index < -0.39 is 0 Å². The number of halogens is 1. The van der Waals surface area contributed by atoms with E-state index in [1.165, 1.54) is 0 Å². The van der Waals surface area contributed by atoms with Gasteiger partial charge < -0.3 is 9.84 Å². The highest BCUT2D eigenvalue weighted by Gasteiger charge is 2.43. The monoisotopic (exact) mass is 341 g/mol. The lowest BCUT2D eigenvalue weighted by Gasteiger charge is -2.27. The zero-order valence-electron chi connectivity index (χ0n) is 10.9. The first-order valence-electron chi connectivity index (χ1n) is 6.42. The summed E-state index contributed by atoms with van der Waals surface area (Å²) < 4.78 is 6.65. The van der Waals surface area contributed by atoms with E-state index >= 15 is 0 Å². The van der Waals surface area contributed by atoms with Crippen molar-refractivity contribution in [2.45, 2.75) is 25.7 Å². The fourth-order valence-electron chi connectivity index (χ4n) is 2.59. The van der Waals surface area contributed by atoms with Crippen molar-refractivity contribution in [2.24, 2.45) is 5.92 Å². The second-order valence-electron chi connectivity index (χ2n) is 5.26. The number of thiophene rings is 1. The third-order valence-corrected chi connectivity index (χ3v) is 5.56. The minimum absolute atomic E-state index is 0.0141. The summed E-state index contributed by atoms with van der Waals surface area (Å²) in [5.41, 5.74) is -0.0141. The van der Waals surface area contributed by atoms with Crippen LogP contribution in [0.5, 0.6) is 0 Å². The van der Waals surface area contributed by atoms with Gasteiger partial charge >= 0.3 is 0 Å². The Morgan fingerprint density at radius 2 is 2.32 bits per heavy atom. The fourth-order valence-corrected chi connectivity index (χ4v) is 3.91. The first-order valence-corrected chi connectivity index (χ1v) is 8.03. The molecule has 1 atom stereocenters. The smallest absolute Gasteiger partial charge is 0.234 e. The van der Waals surface area contributed by atoms with Gasteiger partial charge in [0.1, 0.15) is 0 Å². The predicted octanol–water partition coefficient (Wildman–Crippen LogP) is 3.45. The van der Waals surface area contributed by atoms with Crippen LogP contribution in [0.4, 0.5) is 0 Å². The zero-order valence-corrected chi connectivity index (χ0v) is 13.3. The van der Waals surface area contributed by atoms with Crippen LogP contribution in [0.1, 0.15) is 26.2 Å². The predicted molar refractivity (Wildman–Crippen MR) is 79.3 cm³/mol. The zero-order chi connectivity index (χ0) is 13.5. The van der Waals surface area contributed by atoms with Gasteiger partial charge in [-0.1, -0.05) is 19.0 Å². The summed E-state index contributed by atoms with van der Waals surface area (Å²) in [5.74, 6) is 1.94. The minimum atomic E-state index is -0.0141. The average molecular weight is 342 g/mol. The summed E-state index contributed by atoms with van der Waals surface area (Å²) in [6, 6.07) is 4.02. The summed E-state index contributed by atoms with van der Waals surface area (Å²) in [7, 11) is 0. The molecule has 0 aromatic carbocycles. The van der Waals surface area contributed by atoms with Crippen LogP contribution in [0, 0.1) is 5.92 Å². The average Bonchev–Trinajstić information content (AvgIpc) is 3.08. The number of hydrogen-bond donors (Lipinski definition) is 1. The summed E-state index contributed by atoms with van der Waals surface area (Å²) in [6.07, 6.45) is 1.06. The highest BCUT2D eigenvalue weighted by atomic mass is 79.9. The van der Waals surface area contributed by atoms with E-state index in [0.717, 1.165) is 34.1 Å². The maximum Gasteiger partial charge on any atom is 0.234 e. The number of nitrogens with zero attached hydrogens (tertiary/aromatic N) is 2. The Morgan fingerprint density at radius 3 is 2.89 bits per heavy atom. The van der Waals surface area contributed by atoms with Gasteiger partial charge in [-0.3, -0.25) is 0 Å². The first-order chi connectivity index (χ1) is 9.12. The molecular formula is C13H16BrN3OS. The molecule has 1 unspecified atom stereocenters.